The molecule has 4 bridgehead atoms. The fraction of sp³-hybridized carbons (Fsp3) is 0.909. The van der Waals surface area contributed by atoms with E-state index in [1.807, 2.05) is 0 Å². The van der Waals surface area contributed by atoms with Gasteiger partial charge in [-0.05, 0) is 87.9 Å². The zero-order valence-corrected chi connectivity index (χ0v) is 16.9. The van der Waals surface area contributed by atoms with Gasteiger partial charge < -0.3 is 16.0 Å². The highest BCUT2D eigenvalue weighted by molar-refractivity contribution is 5.78. The predicted octanol–water partition coefficient (Wildman–Crippen LogP) is 3.73. The van der Waals surface area contributed by atoms with Crippen LogP contribution in [0.2, 0.25) is 0 Å². The van der Waals surface area contributed by atoms with Gasteiger partial charge in [-0.2, -0.15) is 0 Å². The van der Waals surface area contributed by atoms with Gasteiger partial charge in [0.25, 0.3) is 0 Å². The molecule has 3 amide bonds. The molecule has 5 fully saturated rings. The molecule has 0 aromatic carbocycles. The standard InChI is InChI=1S/C22H37N3O2/c1-2-15-3-5-19(6-4-15)24-20(26)7-8-23-21(27)25-22-12-16-9-17(13-22)11-18(10-16)14-22/h15-19H,2-14H2,1H3,(H,24,26)(H2,23,25,27). The Morgan fingerprint density at radius 2 is 1.52 bits per heavy atom. The lowest BCUT2D eigenvalue weighted by atomic mass is 9.53. The zero-order chi connectivity index (χ0) is 18.9. The lowest BCUT2D eigenvalue weighted by molar-refractivity contribution is -0.121. The third-order valence-corrected chi connectivity index (χ3v) is 7.84. The minimum atomic E-state index is -0.0757. The summed E-state index contributed by atoms with van der Waals surface area (Å²) < 4.78 is 0. The Bertz CT molecular complexity index is 518. The molecule has 0 spiro atoms. The minimum absolute atomic E-state index is 0.0407. The molecule has 0 aromatic heterocycles. The average molecular weight is 376 g/mol. The van der Waals surface area contributed by atoms with Crippen LogP contribution >= 0.6 is 0 Å². The van der Waals surface area contributed by atoms with Gasteiger partial charge in [-0.15, -0.1) is 0 Å². The molecule has 0 atom stereocenters. The van der Waals surface area contributed by atoms with E-state index >= 15 is 0 Å². The predicted molar refractivity (Wildman–Crippen MR) is 106 cm³/mol. The number of urea groups is 1. The molecule has 0 unspecified atom stereocenters. The molecule has 27 heavy (non-hydrogen) atoms. The molecule has 0 aliphatic heterocycles. The van der Waals surface area contributed by atoms with Crippen LogP contribution in [0.5, 0.6) is 0 Å². The lowest BCUT2D eigenvalue weighted by Gasteiger charge is -2.56. The summed E-state index contributed by atoms with van der Waals surface area (Å²) in [5.41, 5.74) is 0.0407. The van der Waals surface area contributed by atoms with Gasteiger partial charge in [0.1, 0.15) is 0 Å². The summed E-state index contributed by atoms with van der Waals surface area (Å²) in [5.74, 6) is 3.39. The Morgan fingerprint density at radius 1 is 0.926 bits per heavy atom. The Morgan fingerprint density at radius 3 is 2.07 bits per heavy atom. The van der Waals surface area contributed by atoms with Crippen molar-refractivity contribution < 1.29 is 9.59 Å². The summed E-state index contributed by atoms with van der Waals surface area (Å²) in [6, 6.07) is 0.259. The summed E-state index contributed by atoms with van der Waals surface area (Å²) >= 11 is 0. The number of hydrogen-bond acceptors (Lipinski definition) is 2. The first kappa shape index (κ1) is 19.1. The Labute approximate surface area is 163 Å². The third-order valence-electron chi connectivity index (χ3n) is 7.84. The molecule has 3 N–H and O–H groups in total. The first-order valence-electron chi connectivity index (χ1n) is 11.4. The van der Waals surface area contributed by atoms with Crippen LogP contribution in [0.15, 0.2) is 0 Å². The van der Waals surface area contributed by atoms with Crippen molar-refractivity contribution >= 4 is 11.9 Å². The number of hydrogen-bond donors (Lipinski definition) is 3. The first-order chi connectivity index (χ1) is 13.0. The van der Waals surface area contributed by atoms with Gasteiger partial charge in [0.2, 0.25) is 5.91 Å². The first-order valence-corrected chi connectivity index (χ1v) is 11.4. The highest BCUT2D eigenvalue weighted by atomic mass is 16.2. The molecule has 152 valence electrons. The number of amides is 3. The molecular formula is C22H37N3O2. The quantitative estimate of drug-likeness (QED) is 0.662. The number of carbonyl (C=O) groups excluding carboxylic acids is 2. The van der Waals surface area contributed by atoms with E-state index in [4.69, 9.17) is 0 Å². The van der Waals surface area contributed by atoms with Crippen LogP contribution in [0, 0.1) is 23.7 Å². The maximum Gasteiger partial charge on any atom is 0.315 e. The number of rotatable bonds is 6. The smallest absolute Gasteiger partial charge is 0.315 e. The summed E-state index contributed by atoms with van der Waals surface area (Å²) in [6.07, 6.45) is 13.9. The fourth-order valence-electron chi connectivity index (χ4n) is 6.85. The van der Waals surface area contributed by atoms with Gasteiger partial charge in [0.05, 0.1) is 0 Å². The van der Waals surface area contributed by atoms with E-state index in [1.165, 1.54) is 38.5 Å². The minimum Gasteiger partial charge on any atom is -0.353 e. The second kappa shape index (κ2) is 8.00. The van der Waals surface area contributed by atoms with Gasteiger partial charge in [-0.25, -0.2) is 4.79 Å². The van der Waals surface area contributed by atoms with Crippen LogP contribution in [-0.4, -0.2) is 30.1 Å². The number of carbonyl (C=O) groups is 2. The largest absolute Gasteiger partial charge is 0.353 e. The fourth-order valence-corrected chi connectivity index (χ4v) is 6.85. The summed E-state index contributed by atoms with van der Waals surface area (Å²) in [5, 5.41) is 9.39. The Balaban J connectivity index is 1.14. The van der Waals surface area contributed by atoms with E-state index in [1.54, 1.807) is 0 Å². The molecule has 0 radical (unpaired) electrons. The van der Waals surface area contributed by atoms with Crippen molar-refractivity contribution in [3.63, 3.8) is 0 Å². The molecule has 0 saturated heterocycles. The van der Waals surface area contributed by atoms with Crippen LogP contribution in [0.4, 0.5) is 4.79 Å². The van der Waals surface area contributed by atoms with Gasteiger partial charge >= 0.3 is 6.03 Å². The van der Waals surface area contributed by atoms with Crippen molar-refractivity contribution in [2.45, 2.75) is 95.6 Å². The normalized spacial score (nSPS) is 39.8. The summed E-state index contributed by atoms with van der Waals surface area (Å²) in [6.45, 7) is 2.68. The maximum atomic E-state index is 12.4. The molecule has 5 aliphatic carbocycles. The lowest BCUT2D eigenvalue weighted by Crippen LogP contribution is -2.61. The Kier molecular flexibility index (Phi) is 5.65. The van der Waals surface area contributed by atoms with Gasteiger partial charge in [0, 0.05) is 24.5 Å². The zero-order valence-electron chi connectivity index (χ0n) is 16.9. The Hall–Kier alpha value is -1.26. The highest BCUT2D eigenvalue weighted by Gasteiger charge is 2.51. The van der Waals surface area contributed by atoms with Crippen LogP contribution in [0.25, 0.3) is 0 Å². The van der Waals surface area contributed by atoms with E-state index in [9.17, 15) is 9.59 Å². The molecule has 5 nitrogen and oxygen atoms in total. The molecule has 5 aliphatic rings. The highest BCUT2D eigenvalue weighted by Crippen LogP contribution is 2.55. The van der Waals surface area contributed by atoms with E-state index in [-0.39, 0.29) is 17.5 Å². The topological polar surface area (TPSA) is 70.2 Å². The van der Waals surface area contributed by atoms with Gasteiger partial charge in [-0.3, -0.25) is 4.79 Å². The summed E-state index contributed by atoms with van der Waals surface area (Å²) in [4.78, 5) is 24.6. The van der Waals surface area contributed by atoms with Crippen LogP contribution in [0.1, 0.15) is 84.0 Å². The van der Waals surface area contributed by atoms with Crippen LogP contribution in [0.3, 0.4) is 0 Å². The van der Waals surface area contributed by atoms with Crippen LogP contribution < -0.4 is 16.0 Å². The van der Waals surface area contributed by atoms with Crippen molar-refractivity contribution in [3.05, 3.63) is 0 Å². The average Bonchev–Trinajstić information content (AvgIpc) is 2.60. The maximum absolute atomic E-state index is 12.4. The van der Waals surface area contributed by atoms with E-state index in [0.717, 1.165) is 55.8 Å². The van der Waals surface area contributed by atoms with Crippen LogP contribution in [-0.2, 0) is 4.79 Å². The van der Waals surface area contributed by atoms with Gasteiger partial charge in [-0.1, -0.05) is 13.3 Å². The van der Waals surface area contributed by atoms with Gasteiger partial charge in [0.15, 0.2) is 0 Å². The molecule has 5 saturated carbocycles. The monoisotopic (exact) mass is 375 g/mol. The number of nitrogens with one attached hydrogen (secondary N) is 3. The van der Waals surface area contributed by atoms with Crippen molar-refractivity contribution in [1.29, 1.82) is 0 Å². The van der Waals surface area contributed by atoms with E-state index in [2.05, 4.69) is 22.9 Å². The van der Waals surface area contributed by atoms with E-state index < -0.39 is 0 Å². The molecule has 5 rings (SSSR count). The molecule has 5 heteroatoms. The SMILES string of the molecule is CCC1CCC(NC(=O)CCNC(=O)NC23CC4CC(CC(C4)C2)C3)CC1. The molecular weight excluding hydrogens is 338 g/mol. The summed E-state index contributed by atoms with van der Waals surface area (Å²) in [7, 11) is 0. The third kappa shape index (κ3) is 4.60. The van der Waals surface area contributed by atoms with Crippen molar-refractivity contribution in [2.75, 3.05) is 6.54 Å². The second-order valence-electron chi connectivity index (χ2n) is 10.0. The molecule has 0 aromatic rings. The van der Waals surface area contributed by atoms with Crippen molar-refractivity contribution in [1.82, 2.24) is 16.0 Å². The molecule has 0 heterocycles. The second-order valence-corrected chi connectivity index (χ2v) is 10.0. The van der Waals surface area contributed by atoms with E-state index in [0.29, 0.717) is 19.0 Å². The van der Waals surface area contributed by atoms with Crippen molar-refractivity contribution in [2.24, 2.45) is 23.7 Å². The van der Waals surface area contributed by atoms with Crippen molar-refractivity contribution in [3.8, 4) is 0 Å².